The summed E-state index contributed by atoms with van der Waals surface area (Å²) in [6.45, 7) is 4.32. The van der Waals surface area contributed by atoms with Gasteiger partial charge in [-0.3, -0.25) is 0 Å². The van der Waals surface area contributed by atoms with Crippen LogP contribution in [0.3, 0.4) is 0 Å². The molecule has 0 aromatic carbocycles. The first-order chi connectivity index (χ1) is 9.98. The number of anilines is 1. The Kier molecular flexibility index (Phi) is 5.18. The van der Waals surface area contributed by atoms with Crippen molar-refractivity contribution in [1.29, 1.82) is 0 Å². The monoisotopic (exact) mass is 312 g/mol. The van der Waals surface area contributed by atoms with Gasteiger partial charge in [0.15, 0.2) is 0 Å². The highest BCUT2D eigenvalue weighted by Crippen LogP contribution is 2.23. The summed E-state index contributed by atoms with van der Waals surface area (Å²) in [7, 11) is 0.301. The Bertz CT molecular complexity index is 576. The fraction of sp³-hybridized carbons (Fsp3) is 0.643. The molecule has 7 heteroatoms. The molecule has 118 valence electrons. The van der Waals surface area contributed by atoms with Gasteiger partial charge in [0.05, 0.1) is 4.90 Å². The largest absolute Gasteiger partial charge is 0.373 e. The lowest BCUT2D eigenvalue weighted by atomic mass is 10.2. The Morgan fingerprint density at radius 3 is 2.86 bits per heavy atom. The Morgan fingerprint density at radius 2 is 2.19 bits per heavy atom. The molecular weight excluding hydrogens is 288 g/mol. The zero-order valence-electron chi connectivity index (χ0n) is 12.9. The Balaban J connectivity index is 2.35. The van der Waals surface area contributed by atoms with Gasteiger partial charge in [-0.05, 0) is 32.5 Å². The fourth-order valence-corrected chi connectivity index (χ4v) is 4.46. The molecule has 0 amide bonds. The molecule has 1 aromatic heterocycles. The lowest BCUT2D eigenvalue weighted by Crippen LogP contribution is -2.43. The van der Waals surface area contributed by atoms with Gasteiger partial charge in [0.25, 0.3) is 0 Å². The molecule has 1 fully saturated rings. The summed E-state index contributed by atoms with van der Waals surface area (Å²) < 4.78 is 27.5. The zero-order chi connectivity index (χ0) is 15.5. The topological polar surface area (TPSA) is 65.5 Å². The highest BCUT2D eigenvalue weighted by atomic mass is 32.2. The molecule has 0 bridgehead atoms. The van der Waals surface area contributed by atoms with Crippen LogP contribution in [0.15, 0.2) is 23.2 Å². The van der Waals surface area contributed by atoms with Gasteiger partial charge < -0.3 is 10.2 Å². The van der Waals surface area contributed by atoms with Crippen molar-refractivity contribution in [3.05, 3.63) is 18.3 Å². The lowest BCUT2D eigenvalue weighted by Gasteiger charge is -2.29. The molecule has 1 aromatic rings. The Morgan fingerprint density at radius 1 is 1.43 bits per heavy atom. The van der Waals surface area contributed by atoms with Gasteiger partial charge in [-0.15, -0.1) is 0 Å². The van der Waals surface area contributed by atoms with E-state index in [-0.39, 0.29) is 6.04 Å². The Hall–Kier alpha value is -1.18. The summed E-state index contributed by atoms with van der Waals surface area (Å²) in [5, 5.41) is 2.88. The van der Waals surface area contributed by atoms with Gasteiger partial charge in [0.2, 0.25) is 10.0 Å². The SMILES string of the molecule is CCC1CN(C)CCCN1S(=O)(=O)c1ccnc(NC)c1. The van der Waals surface area contributed by atoms with Crippen LogP contribution in [0, 0.1) is 0 Å². The zero-order valence-corrected chi connectivity index (χ0v) is 13.7. The Labute approximate surface area is 127 Å². The van der Waals surface area contributed by atoms with Crippen molar-refractivity contribution >= 4 is 15.8 Å². The molecular formula is C14H24N4O2S. The third-order valence-corrected chi connectivity index (χ3v) is 5.86. The third-order valence-electron chi connectivity index (χ3n) is 3.91. The fourth-order valence-electron chi connectivity index (χ4n) is 2.71. The molecule has 1 aliphatic rings. The summed E-state index contributed by atoms with van der Waals surface area (Å²) in [5.41, 5.74) is 0. The predicted octanol–water partition coefficient (Wildman–Crippen LogP) is 1.23. The standard InChI is InChI=1S/C14H24N4O2S/c1-4-12-11-17(3)8-5-9-18(12)21(19,20)13-6-7-16-14(10-13)15-2/h6-7,10,12H,4-5,8-9,11H2,1-3H3,(H,15,16). The van der Waals surface area contributed by atoms with E-state index >= 15 is 0 Å². The minimum atomic E-state index is -3.48. The van der Waals surface area contributed by atoms with E-state index in [2.05, 4.69) is 15.2 Å². The van der Waals surface area contributed by atoms with Crippen molar-refractivity contribution in [1.82, 2.24) is 14.2 Å². The van der Waals surface area contributed by atoms with E-state index < -0.39 is 10.0 Å². The van der Waals surface area contributed by atoms with E-state index in [4.69, 9.17) is 0 Å². The molecule has 2 rings (SSSR count). The van der Waals surface area contributed by atoms with Crippen molar-refractivity contribution in [2.75, 3.05) is 39.0 Å². The van der Waals surface area contributed by atoms with Gasteiger partial charge in [-0.25, -0.2) is 13.4 Å². The number of nitrogens with zero attached hydrogens (tertiary/aromatic N) is 3. The average Bonchev–Trinajstić information content (AvgIpc) is 2.68. The van der Waals surface area contributed by atoms with Crippen LogP contribution in [-0.4, -0.2) is 62.4 Å². The molecule has 0 spiro atoms. The normalized spacial score (nSPS) is 22.0. The van der Waals surface area contributed by atoms with Crippen molar-refractivity contribution < 1.29 is 8.42 Å². The molecule has 0 aliphatic carbocycles. The number of pyridine rings is 1. The summed E-state index contributed by atoms with van der Waals surface area (Å²) in [4.78, 5) is 6.60. The number of sulfonamides is 1. The number of hydrogen-bond donors (Lipinski definition) is 1. The van der Waals surface area contributed by atoms with E-state index in [0.717, 1.165) is 25.9 Å². The van der Waals surface area contributed by atoms with Crippen molar-refractivity contribution in [2.45, 2.75) is 30.7 Å². The molecule has 1 N–H and O–H groups in total. The van der Waals surface area contributed by atoms with Crippen LogP contribution in [0.1, 0.15) is 19.8 Å². The number of aromatic nitrogens is 1. The van der Waals surface area contributed by atoms with Gasteiger partial charge in [-0.1, -0.05) is 6.92 Å². The molecule has 1 aliphatic heterocycles. The van der Waals surface area contributed by atoms with Crippen LogP contribution in [0.4, 0.5) is 5.82 Å². The highest BCUT2D eigenvalue weighted by molar-refractivity contribution is 7.89. The molecule has 21 heavy (non-hydrogen) atoms. The molecule has 1 saturated heterocycles. The molecule has 6 nitrogen and oxygen atoms in total. The minimum Gasteiger partial charge on any atom is -0.373 e. The smallest absolute Gasteiger partial charge is 0.243 e. The number of likely N-dealkylation sites (N-methyl/N-ethyl adjacent to an activating group) is 1. The molecule has 2 heterocycles. The molecule has 0 saturated carbocycles. The van der Waals surface area contributed by atoms with Gasteiger partial charge in [-0.2, -0.15) is 4.31 Å². The molecule has 0 radical (unpaired) electrons. The first-order valence-electron chi connectivity index (χ1n) is 7.33. The van der Waals surface area contributed by atoms with Crippen LogP contribution in [0.25, 0.3) is 0 Å². The van der Waals surface area contributed by atoms with Crippen molar-refractivity contribution in [2.24, 2.45) is 0 Å². The summed E-state index contributed by atoms with van der Waals surface area (Å²) >= 11 is 0. The van der Waals surface area contributed by atoms with Crippen LogP contribution >= 0.6 is 0 Å². The van der Waals surface area contributed by atoms with Crippen molar-refractivity contribution in [3.63, 3.8) is 0 Å². The van der Waals surface area contributed by atoms with Crippen LogP contribution in [0.5, 0.6) is 0 Å². The first-order valence-corrected chi connectivity index (χ1v) is 8.77. The minimum absolute atomic E-state index is 0.0219. The van der Waals surface area contributed by atoms with Gasteiger partial charge >= 0.3 is 0 Å². The van der Waals surface area contributed by atoms with E-state index in [9.17, 15) is 8.42 Å². The maximum absolute atomic E-state index is 12.9. The van der Waals surface area contributed by atoms with Crippen molar-refractivity contribution in [3.8, 4) is 0 Å². The van der Waals surface area contributed by atoms with E-state index in [1.54, 1.807) is 23.5 Å². The average molecular weight is 312 g/mol. The predicted molar refractivity (Wildman–Crippen MR) is 83.9 cm³/mol. The van der Waals surface area contributed by atoms with Crippen LogP contribution < -0.4 is 5.32 Å². The first kappa shape index (κ1) is 16.2. The number of rotatable bonds is 4. The summed E-state index contributed by atoms with van der Waals surface area (Å²) in [5.74, 6) is 0.566. The lowest BCUT2D eigenvalue weighted by molar-refractivity contribution is 0.270. The second kappa shape index (κ2) is 6.72. The number of hydrogen-bond acceptors (Lipinski definition) is 5. The van der Waals surface area contributed by atoms with Gasteiger partial charge in [0.1, 0.15) is 5.82 Å². The second-order valence-electron chi connectivity index (χ2n) is 5.42. The molecule has 1 unspecified atom stereocenters. The number of nitrogens with one attached hydrogen (secondary N) is 1. The van der Waals surface area contributed by atoms with E-state index in [1.807, 2.05) is 14.0 Å². The highest BCUT2D eigenvalue weighted by Gasteiger charge is 2.32. The maximum atomic E-state index is 12.9. The van der Waals surface area contributed by atoms with Gasteiger partial charge in [0, 0.05) is 38.4 Å². The maximum Gasteiger partial charge on any atom is 0.243 e. The third kappa shape index (κ3) is 3.53. The molecule has 1 atom stereocenters. The van der Waals surface area contributed by atoms with Crippen LogP contribution in [0.2, 0.25) is 0 Å². The van der Waals surface area contributed by atoms with E-state index in [1.165, 1.54) is 6.20 Å². The van der Waals surface area contributed by atoms with Crippen LogP contribution in [-0.2, 0) is 10.0 Å². The summed E-state index contributed by atoms with van der Waals surface area (Å²) in [6.07, 6.45) is 3.20. The summed E-state index contributed by atoms with van der Waals surface area (Å²) in [6, 6.07) is 3.18. The quantitative estimate of drug-likeness (QED) is 0.906. The van der Waals surface area contributed by atoms with E-state index in [0.29, 0.717) is 17.3 Å². The second-order valence-corrected chi connectivity index (χ2v) is 7.31.